The number of hydrogen-bond donors (Lipinski definition) is 0. The van der Waals surface area contributed by atoms with E-state index in [4.69, 9.17) is 0 Å². The molecule has 0 heterocycles. The molecule has 1 aliphatic rings. The van der Waals surface area contributed by atoms with E-state index in [2.05, 4.69) is 62.1 Å². The largest absolute Gasteiger partial charge is 0.0985 e. The van der Waals surface area contributed by atoms with Gasteiger partial charge in [0.1, 0.15) is 0 Å². The van der Waals surface area contributed by atoms with Crippen molar-refractivity contribution in [3.05, 3.63) is 71.3 Å². The Labute approximate surface area is 116 Å². The summed E-state index contributed by atoms with van der Waals surface area (Å²) in [6, 6.07) is 13.3. The molecule has 0 atom stereocenters. The molecule has 0 bridgehead atoms. The van der Waals surface area contributed by atoms with Gasteiger partial charge in [0.15, 0.2) is 0 Å². The first-order chi connectivity index (χ1) is 9.28. The van der Waals surface area contributed by atoms with Gasteiger partial charge in [-0.25, -0.2) is 0 Å². The van der Waals surface area contributed by atoms with Crippen molar-refractivity contribution in [2.24, 2.45) is 0 Å². The molecule has 0 saturated carbocycles. The van der Waals surface area contributed by atoms with Crippen LogP contribution in [0.5, 0.6) is 0 Å². The smallest absolute Gasteiger partial charge is 0 e. The molecule has 19 heavy (non-hydrogen) atoms. The fourth-order valence-electron chi connectivity index (χ4n) is 2.83. The normalized spacial score (nSPS) is 13.1. The van der Waals surface area contributed by atoms with Crippen molar-refractivity contribution in [3.8, 4) is 11.1 Å². The molecule has 0 fully saturated rings. The third kappa shape index (κ3) is 2.26. The van der Waals surface area contributed by atoms with Gasteiger partial charge in [0.2, 0.25) is 0 Å². The summed E-state index contributed by atoms with van der Waals surface area (Å²) in [5.41, 5.74) is 8.00. The number of aryl methyl sites for hydroxylation is 1. The molecule has 2 aromatic carbocycles. The van der Waals surface area contributed by atoms with Crippen LogP contribution < -0.4 is 0 Å². The summed E-state index contributed by atoms with van der Waals surface area (Å²) in [6.07, 6.45) is 8.71. The van der Waals surface area contributed by atoms with E-state index < -0.39 is 0 Å². The molecule has 0 unspecified atom stereocenters. The average molecular weight is 248 g/mol. The molecular weight excluding hydrogens is 228 g/mol. The van der Waals surface area contributed by atoms with Gasteiger partial charge >= 0.3 is 0 Å². The van der Waals surface area contributed by atoms with Crippen molar-refractivity contribution >= 4 is 12.2 Å². The number of hydrogen-bond acceptors (Lipinski definition) is 0. The Morgan fingerprint density at radius 3 is 2.95 bits per heavy atom. The number of allylic oxidation sites excluding steroid dienone is 1. The maximum Gasteiger partial charge on any atom is 0 e. The standard InChI is InChI=1S/C19H18.H2/c1-3-15-11-14(2)12-17(13-15)19-10-6-8-16-7-4-5-9-18(16)19;/h3-4,6-8,10-13H,1,5,9H2,2H3;1H. The molecule has 1 aliphatic carbocycles. The molecule has 0 spiro atoms. The second kappa shape index (κ2) is 4.89. The summed E-state index contributed by atoms with van der Waals surface area (Å²) >= 11 is 0. The monoisotopic (exact) mass is 248 g/mol. The Hall–Kier alpha value is -2.08. The van der Waals surface area contributed by atoms with Gasteiger partial charge in [-0.15, -0.1) is 0 Å². The van der Waals surface area contributed by atoms with Crippen molar-refractivity contribution in [1.29, 1.82) is 0 Å². The lowest BCUT2D eigenvalue weighted by Crippen LogP contribution is -1.97. The lowest BCUT2D eigenvalue weighted by molar-refractivity contribution is 0.988. The predicted molar refractivity (Wildman–Crippen MR) is 86.2 cm³/mol. The van der Waals surface area contributed by atoms with Crippen LogP contribution in [0.15, 0.2) is 49.1 Å². The average Bonchev–Trinajstić information content (AvgIpc) is 2.46. The van der Waals surface area contributed by atoms with Crippen LogP contribution >= 0.6 is 0 Å². The van der Waals surface area contributed by atoms with Crippen molar-refractivity contribution < 1.29 is 1.43 Å². The van der Waals surface area contributed by atoms with Crippen molar-refractivity contribution in [2.45, 2.75) is 19.8 Å². The molecule has 0 nitrogen and oxygen atoms in total. The van der Waals surface area contributed by atoms with Crippen LogP contribution in [0.1, 0.15) is 30.1 Å². The molecule has 0 radical (unpaired) electrons. The molecule has 0 aromatic heterocycles. The number of benzene rings is 2. The van der Waals surface area contributed by atoms with Gasteiger partial charge in [0.25, 0.3) is 0 Å². The van der Waals surface area contributed by atoms with Gasteiger partial charge in [0, 0.05) is 1.43 Å². The van der Waals surface area contributed by atoms with E-state index >= 15 is 0 Å². The van der Waals surface area contributed by atoms with Crippen molar-refractivity contribution in [3.63, 3.8) is 0 Å². The zero-order chi connectivity index (χ0) is 13.2. The summed E-state index contributed by atoms with van der Waals surface area (Å²) in [4.78, 5) is 0. The highest BCUT2D eigenvalue weighted by atomic mass is 14.2. The van der Waals surface area contributed by atoms with Crippen LogP contribution in [0.25, 0.3) is 23.3 Å². The van der Waals surface area contributed by atoms with Gasteiger partial charge in [0.05, 0.1) is 0 Å². The molecule has 0 aliphatic heterocycles. The zero-order valence-electron chi connectivity index (χ0n) is 11.3. The van der Waals surface area contributed by atoms with Gasteiger partial charge in [-0.05, 0) is 59.2 Å². The number of fused-ring (bicyclic) bond motifs is 1. The minimum atomic E-state index is 0. The van der Waals surface area contributed by atoms with Crippen LogP contribution in [-0.2, 0) is 6.42 Å². The summed E-state index contributed by atoms with van der Waals surface area (Å²) < 4.78 is 0. The van der Waals surface area contributed by atoms with Crippen molar-refractivity contribution in [1.82, 2.24) is 0 Å². The van der Waals surface area contributed by atoms with E-state index in [1.54, 1.807) is 0 Å². The summed E-state index contributed by atoms with van der Waals surface area (Å²) in [5.74, 6) is 0. The molecule has 3 rings (SSSR count). The van der Waals surface area contributed by atoms with Crippen molar-refractivity contribution in [2.75, 3.05) is 0 Å². The maximum absolute atomic E-state index is 3.88. The first kappa shape index (κ1) is 12.0. The summed E-state index contributed by atoms with van der Waals surface area (Å²) in [5, 5.41) is 0. The van der Waals surface area contributed by atoms with Gasteiger partial charge in [-0.3, -0.25) is 0 Å². The molecule has 0 N–H and O–H groups in total. The van der Waals surface area contributed by atoms with E-state index in [1.807, 2.05) is 6.08 Å². The Morgan fingerprint density at radius 2 is 2.11 bits per heavy atom. The Morgan fingerprint density at radius 1 is 1.21 bits per heavy atom. The van der Waals surface area contributed by atoms with Crippen LogP contribution in [0.2, 0.25) is 0 Å². The van der Waals surface area contributed by atoms with Crippen LogP contribution in [0.4, 0.5) is 0 Å². The second-order valence-corrected chi connectivity index (χ2v) is 5.15. The fourth-order valence-corrected chi connectivity index (χ4v) is 2.83. The minimum absolute atomic E-state index is 0. The van der Waals surface area contributed by atoms with Crippen LogP contribution in [0.3, 0.4) is 0 Å². The summed E-state index contributed by atoms with van der Waals surface area (Å²) in [6.45, 7) is 6.03. The highest BCUT2D eigenvalue weighted by Crippen LogP contribution is 2.31. The molecular formula is C19H20. The molecule has 0 saturated heterocycles. The third-order valence-corrected chi connectivity index (χ3v) is 3.72. The topological polar surface area (TPSA) is 0 Å². The fraction of sp³-hybridized carbons (Fsp3) is 0.158. The van der Waals surface area contributed by atoms with Crippen LogP contribution in [-0.4, -0.2) is 0 Å². The quantitative estimate of drug-likeness (QED) is 0.657. The maximum atomic E-state index is 3.88. The van der Waals surface area contributed by atoms with E-state index in [0.717, 1.165) is 12.8 Å². The van der Waals surface area contributed by atoms with Crippen LogP contribution in [0, 0.1) is 6.92 Å². The first-order valence-corrected chi connectivity index (χ1v) is 6.81. The third-order valence-electron chi connectivity index (χ3n) is 3.72. The highest BCUT2D eigenvalue weighted by Gasteiger charge is 2.11. The Kier molecular flexibility index (Phi) is 3.08. The molecule has 0 amide bonds. The zero-order valence-corrected chi connectivity index (χ0v) is 11.3. The second-order valence-electron chi connectivity index (χ2n) is 5.15. The Balaban J connectivity index is 0.00000147. The lowest BCUT2D eigenvalue weighted by atomic mass is 9.88. The molecule has 96 valence electrons. The summed E-state index contributed by atoms with van der Waals surface area (Å²) in [7, 11) is 0. The lowest BCUT2D eigenvalue weighted by Gasteiger charge is -2.16. The minimum Gasteiger partial charge on any atom is -0.0985 e. The highest BCUT2D eigenvalue weighted by molar-refractivity contribution is 5.75. The molecule has 2 aromatic rings. The Bertz CT molecular complexity index is 665. The van der Waals surface area contributed by atoms with E-state index in [1.165, 1.54) is 33.4 Å². The van der Waals surface area contributed by atoms with E-state index in [0.29, 0.717) is 0 Å². The predicted octanol–water partition coefficient (Wildman–Crippen LogP) is 5.51. The SMILES string of the molecule is C=Cc1cc(C)cc(-c2cccc3c2CCC=C3)c1.[HH]. The number of rotatable bonds is 2. The van der Waals surface area contributed by atoms with Gasteiger partial charge in [-0.1, -0.05) is 55.1 Å². The van der Waals surface area contributed by atoms with E-state index in [-0.39, 0.29) is 1.43 Å². The first-order valence-electron chi connectivity index (χ1n) is 6.81. The van der Waals surface area contributed by atoms with E-state index in [9.17, 15) is 0 Å². The molecule has 0 heteroatoms. The van der Waals surface area contributed by atoms with Gasteiger partial charge in [-0.2, -0.15) is 0 Å². The van der Waals surface area contributed by atoms with Gasteiger partial charge < -0.3 is 0 Å².